The van der Waals surface area contributed by atoms with E-state index in [0.29, 0.717) is 0 Å². The summed E-state index contributed by atoms with van der Waals surface area (Å²) in [6.45, 7) is 0. The van der Waals surface area contributed by atoms with Crippen molar-refractivity contribution in [3.63, 3.8) is 0 Å². The van der Waals surface area contributed by atoms with E-state index in [9.17, 15) is 0 Å². The predicted molar refractivity (Wildman–Crippen MR) is 33.8 cm³/mol. The highest BCUT2D eigenvalue weighted by atomic mass is 14.8. The first-order chi connectivity index (χ1) is 4.47. The Hall–Kier alpha value is -1.49. The summed E-state index contributed by atoms with van der Waals surface area (Å²) in [4.78, 5) is 6.86. The molecule has 0 aliphatic carbocycles. The largest absolute Gasteiger partial charge is 0.346 e. The van der Waals surface area contributed by atoms with Crippen molar-refractivity contribution >= 4 is 11.0 Å². The summed E-state index contributed by atoms with van der Waals surface area (Å²) in [7, 11) is 0. The SMILES string of the molecule is c1cc2cc[nH]c2nc#1. The van der Waals surface area contributed by atoms with Crippen LogP contribution < -0.4 is 0 Å². The van der Waals surface area contributed by atoms with Gasteiger partial charge in [-0.2, -0.15) is 4.98 Å². The molecular weight excluding hydrogens is 112 g/mol. The van der Waals surface area contributed by atoms with Crippen LogP contribution in [-0.4, -0.2) is 9.97 Å². The van der Waals surface area contributed by atoms with Crippen LogP contribution >= 0.6 is 0 Å². The van der Waals surface area contributed by atoms with E-state index < -0.39 is 0 Å². The summed E-state index contributed by atoms with van der Waals surface area (Å²) < 4.78 is 0. The Kier molecular flexibility index (Phi) is 0.729. The number of H-pyrrole nitrogens is 1. The lowest BCUT2D eigenvalue weighted by atomic mass is 10.4. The number of aromatic amines is 1. The summed E-state index contributed by atoms with van der Waals surface area (Å²) in [5.41, 5.74) is 0.869. The first-order valence-electron chi connectivity index (χ1n) is 2.69. The zero-order valence-electron chi connectivity index (χ0n) is 4.68. The van der Waals surface area contributed by atoms with Crippen molar-refractivity contribution < 1.29 is 0 Å². The molecule has 2 aromatic rings. The molecule has 0 amide bonds. The van der Waals surface area contributed by atoms with Crippen LogP contribution in [0.5, 0.6) is 0 Å². The fraction of sp³-hybridized carbons (Fsp3) is 0. The van der Waals surface area contributed by atoms with Gasteiger partial charge in [0, 0.05) is 23.8 Å². The van der Waals surface area contributed by atoms with Gasteiger partial charge in [0.15, 0.2) is 0 Å². The van der Waals surface area contributed by atoms with E-state index in [0.717, 1.165) is 11.0 Å². The molecule has 0 spiro atoms. The van der Waals surface area contributed by atoms with Gasteiger partial charge in [-0.15, -0.1) is 0 Å². The predicted octanol–water partition coefficient (Wildman–Crippen LogP) is 1.16. The zero-order chi connectivity index (χ0) is 6.10. The minimum atomic E-state index is 0.869. The van der Waals surface area contributed by atoms with E-state index in [1.807, 2.05) is 18.3 Å². The van der Waals surface area contributed by atoms with E-state index >= 15 is 0 Å². The van der Waals surface area contributed by atoms with Gasteiger partial charge in [0.05, 0.1) is 0 Å². The average Bonchev–Trinajstić information content (AvgIpc) is 2.33. The molecule has 0 radical (unpaired) electrons. The fourth-order valence-electron chi connectivity index (χ4n) is 0.784. The van der Waals surface area contributed by atoms with Crippen LogP contribution in [0.4, 0.5) is 0 Å². The lowest BCUT2D eigenvalue weighted by Crippen LogP contribution is -1.68. The Labute approximate surface area is 52.5 Å². The van der Waals surface area contributed by atoms with Crippen molar-refractivity contribution in [1.29, 1.82) is 0 Å². The highest BCUT2D eigenvalue weighted by Crippen LogP contribution is 2.03. The first-order valence-corrected chi connectivity index (χ1v) is 2.69. The molecule has 9 heavy (non-hydrogen) atoms. The van der Waals surface area contributed by atoms with Gasteiger partial charge in [-0.3, -0.25) is 0 Å². The molecule has 2 aromatic heterocycles. The summed E-state index contributed by atoms with van der Waals surface area (Å²) in [6, 6.07) is 6.56. The van der Waals surface area contributed by atoms with E-state index in [-0.39, 0.29) is 0 Å². The second-order valence-corrected chi connectivity index (χ2v) is 1.79. The standard InChI is InChI=1S/C7H4N2/c1-2-6-3-5-9-7(6)8-4-1/h2-3,5H,(H,8,9). The average molecular weight is 116 g/mol. The van der Waals surface area contributed by atoms with Crippen LogP contribution in [0, 0.1) is 12.3 Å². The second-order valence-electron chi connectivity index (χ2n) is 1.79. The van der Waals surface area contributed by atoms with Crippen molar-refractivity contribution in [3.05, 3.63) is 30.6 Å². The van der Waals surface area contributed by atoms with Crippen LogP contribution in [0.25, 0.3) is 11.0 Å². The van der Waals surface area contributed by atoms with E-state index in [2.05, 4.69) is 22.2 Å². The third-order valence-corrected chi connectivity index (χ3v) is 1.22. The van der Waals surface area contributed by atoms with Crippen LogP contribution in [0.3, 0.4) is 0 Å². The van der Waals surface area contributed by atoms with Crippen LogP contribution in [0.15, 0.2) is 18.3 Å². The Morgan fingerprint density at radius 3 is 3.44 bits per heavy atom. The Morgan fingerprint density at radius 1 is 1.56 bits per heavy atom. The smallest absolute Gasteiger partial charge is 0.148 e. The molecule has 0 saturated heterocycles. The Morgan fingerprint density at radius 2 is 2.56 bits per heavy atom. The number of hydrogen-bond donors (Lipinski definition) is 1. The normalized spacial score (nSPS) is 9.33. The lowest BCUT2D eigenvalue weighted by molar-refractivity contribution is 1.34. The van der Waals surface area contributed by atoms with Gasteiger partial charge in [0.2, 0.25) is 0 Å². The van der Waals surface area contributed by atoms with Gasteiger partial charge in [0.1, 0.15) is 5.65 Å². The number of nitrogens with zero attached hydrogens (tertiary/aromatic N) is 1. The maximum atomic E-state index is 3.91. The molecule has 2 heterocycles. The van der Waals surface area contributed by atoms with Gasteiger partial charge in [-0.25, -0.2) is 0 Å². The molecule has 0 bridgehead atoms. The maximum Gasteiger partial charge on any atom is 0.148 e. The third kappa shape index (κ3) is 0.550. The molecule has 0 aliphatic rings. The number of nitrogens with one attached hydrogen (secondary N) is 1. The van der Waals surface area contributed by atoms with Crippen LogP contribution in [0.1, 0.15) is 0 Å². The number of aromatic nitrogens is 2. The number of hydrogen-bond acceptors (Lipinski definition) is 1. The van der Waals surface area contributed by atoms with Crippen molar-refractivity contribution in [3.8, 4) is 0 Å². The molecule has 0 atom stereocenters. The van der Waals surface area contributed by atoms with Gasteiger partial charge in [0.25, 0.3) is 0 Å². The Balaban J connectivity index is 2.95. The summed E-state index contributed by atoms with van der Waals surface area (Å²) in [5.74, 6) is 0. The highest BCUT2D eigenvalue weighted by Gasteiger charge is 1.87. The van der Waals surface area contributed by atoms with Crippen LogP contribution in [0.2, 0.25) is 0 Å². The van der Waals surface area contributed by atoms with Gasteiger partial charge >= 0.3 is 0 Å². The Bertz CT molecular complexity index is 281. The quantitative estimate of drug-likeness (QED) is 0.549. The second kappa shape index (κ2) is 1.49. The zero-order valence-corrected chi connectivity index (χ0v) is 4.68. The summed E-state index contributed by atoms with van der Waals surface area (Å²) in [5, 5.41) is 1.08. The monoisotopic (exact) mass is 116 g/mol. The molecule has 0 saturated carbocycles. The topological polar surface area (TPSA) is 28.7 Å². The number of fused-ring (bicyclic) bond motifs is 1. The van der Waals surface area contributed by atoms with Crippen molar-refractivity contribution in [2.45, 2.75) is 0 Å². The molecule has 0 unspecified atom stereocenters. The molecule has 1 N–H and O–H groups in total. The van der Waals surface area contributed by atoms with Gasteiger partial charge < -0.3 is 4.98 Å². The lowest BCUT2D eigenvalue weighted by Gasteiger charge is -1.76. The molecule has 0 aliphatic heterocycles. The molecule has 2 rings (SSSR count). The van der Waals surface area contributed by atoms with Crippen molar-refractivity contribution in [1.82, 2.24) is 9.97 Å². The fourth-order valence-corrected chi connectivity index (χ4v) is 0.784. The minimum Gasteiger partial charge on any atom is -0.346 e. The van der Waals surface area contributed by atoms with Crippen molar-refractivity contribution in [2.24, 2.45) is 0 Å². The molecule has 42 valence electrons. The van der Waals surface area contributed by atoms with E-state index in [1.54, 1.807) is 0 Å². The van der Waals surface area contributed by atoms with Crippen molar-refractivity contribution in [2.75, 3.05) is 0 Å². The third-order valence-electron chi connectivity index (χ3n) is 1.22. The van der Waals surface area contributed by atoms with Gasteiger partial charge in [-0.1, -0.05) is 0 Å². The van der Waals surface area contributed by atoms with E-state index in [4.69, 9.17) is 0 Å². The first kappa shape index (κ1) is 4.39. The van der Waals surface area contributed by atoms with Gasteiger partial charge in [-0.05, 0) is 12.1 Å². The highest BCUT2D eigenvalue weighted by molar-refractivity contribution is 5.73. The molecule has 2 heteroatoms. The van der Waals surface area contributed by atoms with Crippen LogP contribution in [-0.2, 0) is 0 Å². The molecule has 0 aromatic carbocycles. The maximum absolute atomic E-state index is 3.91. The van der Waals surface area contributed by atoms with E-state index in [1.165, 1.54) is 0 Å². The molecule has 2 nitrogen and oxygen atoms in total. The summed E-state index contributed by atoms with van der Waals surface area (Å²) in [6.07, 6.45) is 4.46. The molecular formula is C7H4N2. The minimum absolute atomic E-state index is 0.869. The molecule has 0 fully saturated rings. The summed E-state index contributed by atoms with van der Waals surface area (Å²) >= 11 is 0. The number of rotatable bonds is 0.